The van der Waals surface area contributed by atoms with Crippen LogP contribution in [-0.4, -0.2) is 42.6 Å². The topological polar surface area (TPSA) is 35.6 Å². The zero-order valence-corrected chi connectivity index (χ0v) is 16.5. The van der Waals surface area contributed by atoms with Crippen molar-refractivity contribution in [3.05, 3.63) is 64.7 Å². The van der Waals surface area contributed by atoms with Crippen molar-refractivity contribution < 1.29 is 4.79 Å². The van der Waals surface area contributed by atoms with Crippen LogP contribution in [0, 0.1) is 0 Å². The number of carbonyl (C=O) groups is 1. The maximum absolute atomic E-state index is 12.3. The highest BCUT2D eigenvalue weighted by molar-refractivity contribution is 7.99. The summed E-state index contributed by atoms with van der Waals surface area (Å²) in [6.07, 6.45) is 0. The van der Waals surface area contributed by atoms with Gasteiger partial charge in [0.2, 0.25) is 0 Å². The van der Waals surface area contributed by atoms with Crippen molar-refractivity contribution in [1.29, 1.82) is 0 Å². The van der Waals surface area contributed by atoms with Crippen LogP contribution in [0.15, 0.2) is 48.5 Å². The number of thioether (sulfide) groups is 1. The van der Waals surface area contributed by atoms with Gasteiger partial charge in [0.25, 0.3) is 0 Å². The minimum absolute atomic E-state index is 0.0953. The predicted molar refractivity (Wildman–Crippen MR) is 111 cm³/mol. The molecule has 26 heavy (non-hydrogen) atoms. The quantitative estimate of drug-likeness (QED) is 0.830. The summed E-state index contributed by atoms with van der Waals surface area (Å²) in [5, 5.41) is 3.65. The Morgan fingerprint density at radius 2 is 1.88 bits per heavy atom. The highest BCUT2D eigenvalue weighted by atomic mass is 35.5. The van der Waals surface area contributed by atoms with Crippen molar-refractivity contribution >= 4 is 35.1 Å². The summed E-state index contributed by atoms with van der Waals surface area (Å²) < 4.78 is 0. The molecule has 0 aromatic heterocycles. The second-order valence-electron chi connectivity index (χ2n) is 6.41. The molecule has 3 rings (SSSR count). The van der Waals surface area contributed by atoms with E-state index in [0.717, 1.165) is 24.2 Å². The van der Waals surface area contributed by atoms with E-state index in [1.807, 2.05) is 36.0 Å². The summed E-state index contributed by atoms with van der Waals surface area (Å²) in [4.78, 5) is 16.4. The van der Waals surface area contributed by atoms with Crippen LogP contribution in [0.4, 0.5) is 10.5 Å². The van der Waals surface area contributed by atoms with Crippen molar-refractivity contribution in [2.45, 2.75) is 13.1 Å². The van der Waals surface area contributed by atoms with Gasteiger partial charge in [0, 0.05) is 55.4 Å². The van der Waals surface area contributed by atoms with Gasteiger partial charge in [-0.1, -0.05) is 35.9 Å². The molecule has 0 radical (unpaired) electrons. The molecule has 0 atom stereocenters. The fraction of sp³-hybridized carbons (Fsp3) is 0.350. The minimum atomic E-state index is -0.0953. The maximum atomic E-state index is 12.3. The monoisotopic (exact) mass is 389 g/mol. The molecule has 2 aromatic rings. The Morgan fingerprint density at radius 3 is 2.58 bits per heavy atom. The minimum Gasteiger partial charge on any atom is -0.370 e. The lowest BCUT2D eigenvalue weighted by Gasteiger charge is -2.28. The van der Waals surface area contributed by atoms with Crippen molar-refractivity contribution in [3.63, 3.8) is 0 Å². The number of nitrogens with one attached hydrogen (secondary N) is 1. The Morgan fingerprint density at radius 1 is 1.15 bits per heavy atom. The zero-order chi connectivity index (χ0) is 18.4. The van der Waals surface area contributed by atoms with Crippen molar-refractivity contribution in [2.24, 2.45) is 0 Å². The molecular formula is C20H24ClN3OS. The first-order valence-electron chi connectivity index (χ1n) is 8.77. The van der Waals surface area contributed by atoms with Gasteiger partial charge in [0.05, 0.1) is 0 Å². The van der Waals surface area contributed by atoms with Crippen LogP contribution in [0.1, 0.15) is 11.1 Å². The zero-order valence-electron chi connectivity index (χ0n) is 15.0. The molecule has 138 valence electrons. The van der Waals surface area contributed by atoms with Gasteiger partial charge in [-0.3, -0.25) is 0 Å². The van der Waals surface area contributed by atoms with Gasteiger partial charge in [-0.25, -0.2) is 4.79 Å². The largest absolute Gasteiger partial charge is 0.370 e. The molecule has 1 saturated heterocycles. The maximum Gasteiger partial charge on any atom is 0.317 e. The Kier molecular flexibility index (Phi) is 6.69. The molecule has 1 heterocycles. The molecule has 0 aliphatic carbocycles. The third-order valence-electron chi connectivity index (χ3n) is 4.41. The van der Waals surface area contributed by atoms with Gasteiger partial charge in [-0.15, -0.1) is 0 Å². The van der Waals surface area contributed by atoms with Gasteiger partial charge in [-0.2, -0.15) is 11.8 Å². The van der Waals surface area contributed by atoms with E-state index in [9.17, 15) is 4.79 Å². The number of carbonyl (C=O) groups excluding carboxylic acids is 1. The van der Waals surface area contributed by atoms with Crippen LogP contribution in [0.3, 0.4) is 0 Å². The van der Waals surface area contributed by atoms with E-state index in [-0.39, 0.29) is 6.03 Å². The molecule has 6 heteroatoms. The lowest BCUT2D eigenvalue weighted by molar-refractivity contribution is 0.206. The van der Waals surface area contributed by atoms with Crippen LogP contribution in [0.2, 0.25) is 5.02 Å². The third-order valence-corrected chi connectivity index (χ3v) is 5.59. The normalized spacial score (nSPS) is 14.2. The fourth-order valence-electron chi connectivity index (χ4n) is 2.94. The molecule has 1 fully saturated rings. The second-order valence-corrected chi connectivity index (χ2v) is 8.07. The van der Waals surface area contributed by atoms with Gasteiger partial charge in [0.15, 0.2) is 0 Å². The molecule has 1 N–H and O–H groups in total. The number of benzene rings is 2. The lowest BCUT2D eigenvalue weighted by atomic mass is 10.2. The highest BCUT2D eigenvalue weighted by Gasteiger charge is 2.12. The number of nitrogens with zero attached hydrogens (tertiary/aromatic N) is 2. The molecule has 1 aliphatic rings. The van der Waals surface area contributed by atoms with Crippen molar-refractivity contribution in [1.82, 2.24) is 10.2 Å². The third kappa shape index (κ3) is 5.32. The number of hydrogen-bond donors (Lipinski definition) is 1. The van der Waals surface area contributed by atoms with E-state index < -0.39 is 0 Å². The van der Waals surface area contributed by atoms with Gasteiger partial charge in [-0.05, 0) is 35.4 Å². The van der Waals surface area contributed by atoms with E-state index in [1.54, 1.807) is 11.9 Å². The molecular weight excluding hydrogens is 366 g/mol. The Labute approximate surface area is 164 Å². The van der Waals surface area contributed by atoms with Crippen molar-refractivity contribution in [3.8, 4) is 0 Å². The average Bonchev–Trinajstić information content (AvgIpc) is 2.67. The number of halogens is 1. The SMILES string of the molecule is CN(Cc1cccc(Cl)c1)C(=O)NCc1ccc(N2CCSCC2)cc1. The van der Waals surface area contributed by atoms with E-state index in [1.165, 1.54) is 17.2 Å². The smallest absolute Gasteiger partial charge is 0.317 e. The van der Waals surface area contributed by atoms with Crippen LogP contribution < -0.4 is 10.2 Å². The van der Waals surface area contributed by atoms with E-state index in [4.69, 9.17) is 11.6 Å². The molecule has 1 aliphatic heterocycles. The second kappa shape index (κ2) is 9.19. The van der Waals surface area contributed by atoms with Gasteiger partial charge >= 0.3 is 6.03 Å². The predicted octanol–water partition coefficient (Wildman–Crippen LogP) is 4.23. The van der Waals surface area contributed by atoms with E-state index in [0.29, 0.717) is 18.1 Å². The molecule has 0 bridgehead atoms. The van der Waals surface area contributed by atoms with Crippen LogP contribution in [-0.2, 0) is 13.1 Å². The number of anilines is 1. The van der Waals surface area contributed by atoms with Gasteiger partial charge in [0.1, 0.15) is 0 Å². The van der Waals surface area contributed by atoms with Crippen LogP contribution in [0.5, 0.6) is 0 Å². The number of hydrogen-bond acceptors (Lipinski definition) is 3. The summed E-state index contributed by atoms with van der Waals surface area (Å²) in [7, 11) is 1.79. The molecule has 0 spiro atoms. The summed E-state index contributed by atoms with van der Waals surface area (Å²) in [6, 6.07) is 15.9. The molecule has 2 amide bonds. The fourth-order valence-corrected chi connectivity index (χ4v) is 4.06. The molecule has 0 unspecified atom stereocenters. The molecule has 4 nitrogen and oxygen atoms in total. The standard InChI is InChI=1S/C20H24ClN3OS/c1-23(15-17-3-2-4-18(21)13-17)20(25)22-14-16-5-7-19(8-6-16)24-9-11-26-12-10-24/h2-8,13H,9-12,14-15H2,1H3,(H,22,25). The van der Waals surface area contributed by atoms with Crippen LogP contribution >= 0.6 is 23.4 Å². The Balaban J connectivity index is 1.49. The van der Waals surface area contributed by atoms with Crippen LogP contribution in [0.25, 0.3) is 0 Å². The lowest BCUT2D eigenvalue weighted by Crippen LogP contribution is -2.36. The molecule has 0 saturated carbocycles. The average molecular weight is 390 g/mol. The summed E-state index contributed by atoms with van der Waals surface area (Å²) >= 11 is 8.00. The number of rotatable bonds is 5. The van der Waals surface area contributed by atoms with Gasteiger partial charge < -0.3 is 15.1 Å². The Bertz CT molecular complexity index is 732. The highest BCUT2D eigenvalue weighted by Crippen LogP contribution is 2.20. The summed E-state index contributed by atoms with van der Waals surface area (Å²) in [5.41, 5.74) is 3.38. The first kappa shape index (κ1) is 18.9. The van der Waals surface area contributed by atoms with E-state index >= 15 is 0 Å². The summed E-state index contributed by atoms with van der Waals surface area (Å²) in [5.74, 6) is 2.38. The number of amides is 2. The van der Waals surface area contributed by atoms with E-state index in [2.05, 4.69) is 34.5 Å². The number of urea groups is 1. The molecule has 2 aromatic carbocycles. The first-order chi connectivity index (χ1) is 12.6. The first-order valence-corrected chi connectivity index (χ1v) is 10.3. The Hall–Kier alpha value is -1.85. The summed E-state index contributed by atoms with van der Waals surface area (Å²) in [6.45, 7) is 3.26. The van der Waals surface area contributed by atoms with Crippen molar-refractivity contribution in [2.75, 3.05) is 36.5 Å².